The second-order valence-corrected chi connectivity index (χ2v) is 9.66. The van der Waals surface area contributed by atoms with Crippen molar-refractivity contribution in [3.05, 3.63) is 64.7 Å². The summed E-state index contributed by atoms with van der Waals surface area (Å²) < 4.78 is 6.20. The van der Waals surface area contributed by atoms with Crippen LogP contribution >= 0.6 is 11.8 Å². The van der Waals surface area contributed by atoms with Crippen molar-refractivity contribution < 1.29 is 9.53 Å². The maximum absolute atomic E-state index is 13.3. The number of carbonyl (C=O) groups excluding carboxylic acids is 1. The highest BCUT2D eigenvalue weighted by molar-refractivity contribution is 8.13. The molecule has 2 aliphatic heterocycles. The van der Waals surface area contributed by atoms with Gasteiger partial charge >= 0.3 is 0 Å². The first-order chi connectivity index (χ1) is 16.7. The molecule has 2 aliphatic rings. The lowest BCUT2D eigenvalue weighted by molar-refractivity contribution is -0.116. The van der Waals surface area contributed by atoms with Crippen molar-refractivity contribution in [1.29, 1.82) is 0 Å². The zero-order valence-corrected chi connectivity index (χ0v) is 20.9. The molecule has 180 valence electrons. The highest BCUT2D eigenvalue weighted by Crippen LogP contribution is 2.35. The summed E-state index contributed by atoms with van der Waals surface area (Å²) in [6, 6.07) is 15.7. The summed E-state index contributed by atoms with van der Waals surface area (Å²) >= 11 is 1.59. The fraction of sp³-hybridized carbons (Fsp3) is 0.444. The predicted molar refractivity (Wildman–Crippen MR) is 139 cm³/mol. The number of nitrogens with one attached hydrogen (secondary N) is 1. The minimum atomic E-state index is -0.464. The van der Waals surface area contributed by atoms with E-state index in [0.717, 1.165) is 53.3 Å². The molecule has 0 saturated heterocycles. The molecule has 2 heterocycles. The number of ether oxygens (including phenoxy) is 1. The monoisotopic (exact) mass is 478 g/mol. The normalized spacial score (nSPS) is 16.8. The molecule has 0 fully saturated rings. The van der Waals surface area contributed by atoms with Gasteiger partial charge in [0, 0.05) is 16.5 Å². The Morgan fingerprint density at radius 1 is 0.971 bits per heavy atom. The van der Waals surface area contributed by atoms with E-state index in [1.807, 2.05) is 48.5 Å². The molecule has 0 bridgehead atoms. The summed E-state index contributed by atoms with van der Waals surface area (Å²) in [5, 5.41) is 11.9. The molecule has 4 rings (SSSR count). The van der Waals surface area contributed by atoms with Gasteiger partial charge in [0.2, 0.25) is 0 Å². The molecule has 0 aromatic heterocycles. The highest BCUT2D eigenvalue weighted by atomic mass is 32.2. The topological polar surface area (TPSA) is 66.3 Å². The van der Waals surface area contributed by atoms with Crippen LogP contribution in [0, 0.1) is 0 Å². The van der Waals surface area contributed by atoms with Crippen molar-refractivity contribution in [3.8, 4) is 5.75 Å². The van der Waals surface area contributed by atoms with Crippen molar-refractivity contribution in [2.45, 2.75) is 65.0 Å². The maximum atomic E-state index is 13.3. The average molecular weight is 479 g/mol. The van der Waals surface area contributed by atoms with Crippen LogP contribution in [0.5, 0.6) is 5.75 Å². The molecular weight excluding hydrogens is 444 g/mol. The molecular formula is C27H34N4O2S. The number of para-hydroxylation sites is 2. The molecule has 0 aliphatic carbocycles. The number of nitrogens with zero attached hydrogens (tertiary/aromatic N) is 3. The third-order valence-corrected chi connectivity index (χ3v) is 6.90. The third kappa shape index (κ3) is 5.63. The SMILES string of the molecule is CCCCCCOc1ccccc1[C@@H]1N=c2ccccc2=C2C(=O)NC(SCCCCC)=NN21. The Morgan fingerprint density at radius 3 is 2.59 bits per heavy atom. The number of thioether (sulfide) groups is 1. The highest BCUT2D eigenvalue weighted by Gasteiger charge is 2.35. The lowest BCUT2D eigenvalue weighted by Crippen LogP contribution is -2.50. The van der Waals surface area contributed by atoms with Gasteiger partial charge in [-0.25, -0.2) is 5.01 Å². The smallest absolute Gasteiger partial charge is 0.276 e. The van der Waals surface area contributed by atoms with E-state index >= 15 is 0 Å². The lowest BCUT2D eigenvalue weighted by atomic mass is 10.1. The molecule has 7 heteroatoms. The van der Waals surface area contributed by atoms with Crippen molar-refractivity contribution in [3.63, 3.8) is 0 Å². The van der Waals surface area contributed by atoms with Gasteiger partial charge < -0.3 is 4.74 Å². The van der Waals surface area contributed by atoms with Crippen LogP contribution in [-0.2, 0) is 4.79 Å². The van der Waals surface area contributed by atoms with Crippen LogP contribution in [0.3, 0.4) is 0 Å². The van der Waals surface area contributed by atoms with Gasteiger partial charge in [-0.1, -0.05) is 94.1 Å². The molecule has 1 N–H and O–H groups in total. The van der Waals surface area contributed by atoms with Gasteiger partial charge in [0.15, 0.2) is 11.3 Å². The first-order valence-corrected chi connectivity index (χ1v) is 13.4. The van der Waals surface area contributed by atoms with Crippen molar-refractivity contribution in [2.24, 2.45) is 10.1 Å². The summed E-state index contributed by atoms with van der Waals surface area (Å²) in [6.07, 6.45) is 7.56. The number of amides is 1. The third-order valence-electron chi connectivity index (χ3n) is 5.95. The molecule has 0 saturated carbocycles. The van der Waals surface area contributed by atoms with E-state index in [9.17, 15) is 4.79 Å². The Hall–Kier alpha value is -2.80. The zero-order chi connectivity index (χ0) is 23.8. The Bertz CT molecular complexity index is 1150. The molecule has 2 aromatic rings. The standard InChI is InChI=1S/C27H34N4O2S/c1-3-5-7-12-18-33-23-17-11-9-15-21(23)25-28-22-16-10-8-14-20(22)24-26(32)29-27(30-31(24)25)34-19-13-6-4-2/h8-11,14-17,25H,3-7,12-13,18-19H2,1-2H3,(H,29,30,32)/t25-/m1/s1. The van der Waals surface area contributed by atoms with Gasteiger partial charge in [0.05, 0.1) is 12.0 Å². The predicted octanol–water partition coefficient (Wildman–Crippen LogP) is 4.71. The van der Waals surface area contributed by atoms with Crippen LogP contribution in [0.15, 0.2) is 58.6 Å². The van der Waals surface area contributed by atoms with Crippen LogP contribution in [0.25, 0.3) is 5.70 Å². The first kappa shape index (κ1) is 24.3. The summed E-state index contributed by atoms with van der Waals surface area (Å²) in [4.78, 5) is 18.3. The summed E-state index contributed by atoms with van der Waals surface area (Å²) in [7, 11) is 0. The van der Waals surface area contributed by atoms with E-state index in [0.29, 0.717) is 17.5 Å². The minimum absolute atomic E-state index is 0.140. The molecule has 0 radical (unpaired) electrons. The van der Waals surface area contributed by atoms with Crippen molar-refractivity contribution >= 4 is 28.5 Å². The maximum Gasteiger partial charge on any atom is 0.276 e. The van der Waals surface area contributed by atoms with Gasteiger partial charge in [-0.2, -0.15) is 0 Å². The van der Waals surface area contributed by atoms with Gasteiger partial charge in [0.1, 0.15) is 11.4 Å². The van der Waals surface area contributed by atoms with Crippen LogP contribution in [0.1, 0.15) is 70.5 Å². The Balaban J connectivity index is 1.68. The van der Waals surface area contributed by atoms with Gasteiger partial charge in [-0.05, 0) is 25.0 Å². The fourth-order valence-corrected chi connectivity index (χ4v) is 5.00. The Kier molecular flexibility index (Phi) is 8.63. The molecule has 1 atom stereocenters. The molecule has 1 amide bonds. The quantitative estimate of drug-likeness (QED) is 0.475. The number of amidine groups is 1. The first-order valence-electron chi connectivity index (χ1n) is 12.4. The summed E-state index contributed by atoms with van der Waals surface area (Å²) in [6.45, 7) is 5.06. The molecule has 0 unspecified atom stereocenters. The number of hydrogen-bond donors (Lipinski definition) is 1. The Morgan fingerprint density at radius 2 is 1.74 bits per heavy atom. The minimum Gasteiger partial charge on any atom is -0.493 e. The number of fused-ring (bicyclic) bond motifs is 2. The van der Waals surface area contributed by atoms with Crippen molar-refractivity contribution in [1.82, 2.24) is 10.3 Å². The van der Waals surface area contributed by atoms with Crippen LogP contribution in [0.4, 0.5) is 0 Å². The van der Waals surface area contributed by atoms with E-state index in [4.69, 9.17) is 14.8 Å². The van der Waals surface area contributed by atoms with Gasteiger partial charge in [0.25, 0.3) is 5.91 Å². The molecule has 6 nitrogen and oxygen atoms in total. The largest absolute Gasteiger partial charge is 0.493 e. The number of unbranched alkanes of at least 4 members (excludes halogenated alkanes) is 5. The van der Waals surface area contributed by atoms with E-state index in [1.165, 1.54) is 19.3 Å². The summed E-state index contributed by atoms with van der Waals surface area (Å²) in [5.74, 6) is 1.58. The number of hydrazone groups is 1. The number of benzene rings is 2. The van der Waals surface area contributed by atoms with Crippen LogP contribution in [0.2, 0.25) is 0 Å². The molecule has 34 heavy (non-hydrogen) atoms. The van der Waals surface area contributed by atoms with Crippen LogP contribution in [-0.4, -0.2) is 28.4 Å². The second kappa shape index (κ2) is 12.1. The van der Waals surface area contributed by atoms with Crippen LogP contribution < -0.4 is 20.6 Å². The van der Waals surface area contributed by atoms with Crippen molar-refractivity contribution in [2.75, 3.05) is 12.4 Å². The van der Waals surface area contributed by atoms with E-state index in [-0.39, 0.29) is 5.91 Å². The van der Waals surface area contributed by atoms with E-state index < -0.39 is 6.17 Å². The fourth-order valence-electron chi connectivity index (χ4n) is 4.15. The number of hydrogen-bond acceptors (Lipinski definition) is 6. The zero-order valence-electron chi connectivity index (χ0n) is 20.1. The Labute approximate surface area is 206 Å². The van der Waals surface area contributed by atoms with Gasteiger partial charge in [-0.15, -0.1) is 5.10 Å². The molecule has 2 aromatic carbocycles. The second-order valence-electron chi connectivity index (χ2n) is 8.57. The number of rotatable bonds is 11. The average Bonchev–Trinajstić information content (AvgIpc) is 2.86. The van der Waals surface area contributed by atoms with Gasteiger partial charge in [-0.3, -0.25) is 15.1 Å². The lowest BCUT2D eigenvalue weighted by Gasteiger charge is -2.34. The van der Waals surface area contributed by atoms with E-state index in [1.54, 1.807) is 16.8 Å². The van der Waals surface area contributed by atoms with E-state index in [2.05, 4.69) is 19.2 Å². The number of carbonyl (C=O) groups is 1. The molecule has 0 spiro atoms. The summed E-state index contributed by atoms with van der Waals surface area (Å²) in [5.41, 5.74) is 1.45.